The van der Waals surface area contributed by atoms with Gasteiger partial charge in [0, 0.05) is 26.7 Å². The highest BCUT2D eigenvalue weighted by Gasteiger charge is 2.17. The predicted octanol–water partition coefficient (Wildman–Crippen LogP) is 0.233. The fourth-order valence-corrected chi connectivity index (χ4v) is 1.75. The number of rotatable bonds is 4. The van der Waals surface area contributed by atoms with Crippen molar-refractivity contribution in [1.82, 2.24) is 10.2 Å². The number of methoxy groups -OCH3 is 1. The summed E-state index contributed by atoms with van der Waals surface area (Å²) in [4.78, 5) is 13.1. The van der Waals surface area contributed by atoms with Gasteiger partial charge in [-0.05, 0) is 19.4 Å². The number of carbonyl (C=O) groups is 1. The van der Waals surface area contributed by atoms with E-state index < -0.39 is 0 Å². The maximum Gasteiger partial charge on any atom is 0.248 e. The minimum Gasteiger partial charge on any atom is -0.375 e. The van der Waals surface area contributed by atoms with Crippen molar-refractivity contribution in [3.05, 3.63) is 0 Å². The maximum absolute atomic E-state index is 11.4. The van der Waals surface area contributed by atoms with Crippen LogP contribution in [0.1, 0.15) is 19.3 Å². The summed E-state index contributed by atoms with van der Waals surface area (Å²) in [5.41, 5.74) is 0. The van der Waals surface area contributed by atoms with Crippen LogP contribution in [0.4, 0.5) is 0 Å². The zero-order chi connectivity index (χ0) is 10.4. The molecule has 1 unspecified atom stereocenters. The van der Waals surface area contributed by atoms with E-state index in [4.69, 9.17) is 4.74 Å². The lowest BCUT2D eigenvalue weighted by atomic mass is 10.0. The highest BCUT2D eigenvalue weighted by Crippen LogP contribution is 2.07. The van der Waals surface area contributed by atoms with E-state index >= 15 is 0 Å². The first-order chi connectivity index (χ1) is 6.74. The topological polar surface area (TPSA) is 41.6 Å². The molecule has 14 heavy (non-hydrogen) atoms. The van der Waals surface area contributed by atoms with E-state index in [0.717, 1.165) is 13.1 Å². The molecule has 0 aromatic heterocycles. The number of nitrogens with zero attached hydrogens (tertiary/aromatic N) is 1. The van der Waals surface area contributed by atoms with E-state index in [9.17, 15) is 4.79 Å². The van der Waals surface area contributed by atoms with Gasteiger partial charge in [0.2, 0.25) is 5.91 Å². The fraction of sp³-hybridized carbons (Fsp3) is 0.900. The van der Waals surface area contributed by atoms with Crippen molar-refractivity contribution in [1.29, 1.82) is 0 Å². The minimum atomic E-state index is 0.0554. The van der Waals surface area contributed by atoms with Crippen molar-refractivity contribution in [2.24, 2.45) is 0 Å². The van der Waals surface area contributed by atoms with E-state index in [1.807, 2.05) is 7.05 Å². The van der Waals surface area contributed by atoms with Gasteiger partial charge in [0.25, 0.3) is 0 Å². The summed E-state index contributed by atoms with van der Waals surface area (Å²) in [6.45, 7) is 2.06. The van der Waals surface area contributed by atoms with Gasteiger partial charge in [-0.2, -0.15) is 0 Å². The van der Waals surface area contributed by atoms with Crippen LogP contribution >= 0.6 is 0 Å². The normalized spacial score (nSPS) is 22.0. The molecule has 4 heteroatoms. The molecule has 0 aliphatic carbocycles. The Morgan fingerprint density at radius 2 is 2.36 bits per heavy atom. The van der Waals surface area contributed by atoms with E-state index in [-0.39, 0.29) is 12.5 Å². The Kier molecular flexibility index (Phi) is 4.90. The van der Waals surface area contributed by atoms with Crippen molar-refractivity contribution in [3.8, 4) is 0 Å². The molecule has 1 N–H and O–H groups in total. The number of nitrogens with one attached hydrogen (secondary N) is 1. The molecule has 0 saturated carbocycles. The molecule has 4 nitrogen and oxygen atoms in total. The molecule has 1 saturated heterocycles. The van der Waals surface area contributed by atoms with Crippen LogP contribution in [0.2, 0.25) is 0 Å². The highest BCUT2D eigenvalue weighted by molar-refractivity contribution is 5.77. The Hall–Kier alpha value is -0.610. The molecule has 0 radical (unpaired) electrons. The average Bonchev–Trinajstić information content (AvgIpc) is 2.19. The SMILES string of the molecule is COCC(=O)N(C)CC1CCCCN1. The molecular formula is C10H20N2O2. The lowest BCUT2D eigenvalue weighted by Gasteiger charge is -2.28. The summed E-state index contributed by atoms with van der Waals surface area (Å²) in [7, 11) is 3.38. The van der Waals surface area contributed by atoms with Gasteiger partial charge in [-0.3, -0.25) is 4.79 Å². The van der Waals surface area contributed by atoms with E-state index in [2.05, 4.69) is 5.32 Å². The number of amides is 1. The molecule has 1 aliphatic rings. The molecular weight excluding hydrogens is 180 g/mol. The zero-order valence-corrected chi connectivity index (χ0v) is 9.08. The van der Waals surface area contributed by atoms with Gasteiger partial charge in [-0.1, -0.05) is 6.42 Å². The Morgan fingerprint density at radius 1 is 1.57 bits per heavy atom. The lowest BCUT2D eigenvalue weighted by molar-refractivity contribution is -0.134. The molecule has 1 fully saturated rings. The van der Waals surface area contributed by atoms with Crippen molar-refractivity contribution in [3.63, 3.8) is 0 Å². The second-order valence-electron chi connectivity index (χ2n) is 3.85. The maximum atomic E-state index is 11.4. The Morgan fingerprint density at radius 3 is 2.93 bits per heavy atom. The molecule has 1 rings (SSSR count). The number of carbonyl (C=O) groups excluding carboxylic acids is 1. The first-order valence-corrected chi connectivity index (χ1v) is 5.20. The van der Waals surface area contributed by atoms with Crippen LogP contribution in [0.3, 0.4) is 0 Å². The number of hydrogen-bond donors (Lipinski definition) is 1. The number of hydrogen-bond acceptors (Lipinski definition) is 3. The van der Waals surface area contributed by atoms with Crippen LogP contribution in [0.25, 0.3) is 0 Å². The second kappa shape index (κ2) is 5.98. The molecule has 0 bridgehead atoms. The number of ether oxygens (including phenoxy) is 1. The molecule has 0 aromatic rings. The molecule has 1 aliphatic heterocycles. The summed E-state index contributed by atoms with van der Waals surface area (Å²) in [6.07, 6.45) is 3.70. The second-order valence-corrected chi connectivity index (χ2v) is 3.85. The Bertz CT molecular complexity index is 179. The third kappa shape index (κ3) is 3.64. The van der Waals surface area contributed by atoms with Crippen LogP contribution in [0.15, 0.2) is 0 Å². The van der Waals surface area contributed by atoms with E-state index in [1.54, 1.807) is 12.0 Å². The predicted molar refractivity (Wildman–Crippen MR) is 55.2 cm³/mol. The average molecular weight is 200 g/mol. The third-order valence-corrected chi connectivity index (χ3v) is 2.60. The van der Waals surface area contributed by atoms with Gasteiger partial charge >= 0.3 is 0 Å². The van der Waals surface area contributed by atoms with E-state index in [1.165, 1.54) is 19.3 Å². The van der Waals surface area contributed by atoms with Gasteiger partial charge in [0.05, 0.1) is 0 Å². The monoisotopic (exact) mass is 200 g/mol. The first kappa shape index (κ1) is 11.5. The summed E-state index contributed by atoms with van der Waals surface area (Å²) in [5.74, 6) is 0.0554. The van der Waals surface area contributed by atoms with E-state index in [0.29, 0.717) is 6.04 Å². The van der Waals surface area contributed by atoms with Crippen molar-refractivity contribution in [2.75, 3.05) is 33.9 Å². The van der Waals surface area contributed by atoms with Crippen molar-refractivity contribution in [2.45, 2.75) is 25.3 Å². The Labute approximate surface area is 85.6 Å². The molecule has 1 amide bonds. The van der Waals surface area contributed by atoms with Gasteiger partial charge in [0.1, 0.15) is 6.61 Å². The summed E-state index contributed by atoms with van der Waals surface area (Å²) < 4.78 is 4.80. The summed E-state index contributed by atoms with van der Waals surface area (Å²) in [6, 6.07) is 0.467. The van der Waals surface area contributed by atoms with Gasteiger partial charge < -0.3 is 15.0 Å². The minimum absolute atomic E-state index is 0.0554. The summed E-state index contributed by atoms with van der Waals surface area (Å²) >= 11 is 0. The van der Waals surface area contributed by atoms with Crippen LogP contribution < -0.4 is 5.32 Å². The van der Waals surface area contributed by atoms with Gasteiger partial charge in [0.15, 0.2) is 0 Å². The fourth-order valence-electron chi connectivity index (χ4n) is 1.75. The van der Waals surface area contributed by atoms with Gasteiger partial charge in [-0.25, -0.2) is 0 Å². The van der Waals surface area contributed by atoms with Crippen molar-refractivity contribution < 1.29 is 9.53 Å². The van der Waals surface area contributed by atoms with Crippen LogP contribution in [0, 0.1) is 0 Å². The van der Waals surface area contributed by atoms with Crippen LogP contribution in [0.5, 0.6) is 0 Å². The number of likely N-dealkylation sites (N-methyl/N-ethyl adjacent to an activating group) is 1. The lowest BCUT2D eigenvalue weighted by Crippen LogP contribution is -2.45. The van der Waals surface area contributed by atoms with Crippen LogP contribution in [-0.2, 0) is 9.53 Å². The highest BCUT2D eigenvalue weighted by atomic mass is 16.5. The standard InChI is InChI=1S/C10H20N2O2/c1-12(10(13)8-14-2)7-9-5-3-4-6-11-9/h9,11H,3-8H2,1-2H3. The number of piperidine rings is 1. The van der Waals surface area contributed by atoms with Crippen molar-refractivity contribution >= 4 is 5.91 Å². The molecule has 0 aromatic carbocycles. The third-order valence-electron chi connectivity index (χ3n) is 2.60. The Balaban J connectivity index is 2.24. The molecule has 1 heterocycles. The zero-order valence-electron chi connectivity index (χ0n) is 9.08. The quantitative estimate of drug-likeness (QED) is 0.706. The first-order valence-electron chi connectivity index (χ1n) is 5.20. The summed E-state index contributed by atoms with van der Waals surface area (Å²) in [5, 5.41) is 3.41. The molecule has 82 valence electrons. The largest absolute Gasteiger partial charge is 0.375 e. The van der Waals surface area contributed by atoms with Crippen LogP contribution in [-0.4, -0.2) is 50.7 Å². The molecule has 1 atom stereocenters. The smallest absolute Gasteiger partial charge is 0.248 e. The van der Waals surface area contributed by atoms with Gasteiger partial charge in [-0.15, -0.1) is 0 Å². The molecule has 0 spiro atoms.